The van der Waals surface area contributed by atoms with Crippen LogP contribution >= 0.6 is 0 Å². The molecule has 0 radical (unpaired) electrons. The predicted octanol–water partition coefficient (Wildman–Crippen LogP) is -0.260. The van der Waals surface area contributed by atoms with Gasteiger partial charge in [-0.25, -0.2) is 9.78 Å². The van der Waals surface area contributed by atoms with Gasteiger partial charge in [0.25, 0.3) is 5.91 Å². The molecule has 100 valence electrons. The summed E-state index contributed by atoms with van der Waals surface area (Å²) in [5.74, 6) is -1.78. The van der Waals surface area contributed by atoms with Crippen LogP contribution in [0.4, 0.5) is 0 Å². The van der Waals surface area contributed by atoms with Crippen molar-refractivity contribution in [3.05, 3.63) is 29.6 Å². The normalized spacial score (nSPS) is 18.9. The van der Waals surface area contributed by atoms with Crippen LogP contribution in [-0.4, -0.2) is 51.9 Å². The number of hydrogen-bond donors (Lipinski definition) is 2. The van der Waals surface area contributed by atoms with E-state index in [-0.39, 0.29) is 23.1 Å². The van der Waals surface area contributed by atoms with Crippen molar-refractivity contribution in [3.8, 4) is 0 Å². The Morgan fingerprint density at radius 2 is 2.26 bits per heavy atom. The van der Waals surface area contributed by atoms with Crippen LogP contribution in [0.3, 0.4) is 0 Å². The van der Waals surface area contributed by atoms with Crippen molar-refractivity contribution in [2.75, 3.05) is 13.1 Å². The molecule has 2 N–H and O–H groups in total. The summed E-state index contributed by atoms with van der Waals surface area (Å²) >= 11 is 0. The highest BCUT2D eigenvalue weighted by atomic mass is 16.4. The molecule has 2 rings (SSSR count). The number of carbonyl (C=O) groups is 3. The lowest BCUT2D eigenvalue weighted by Gasteiger charge is -2.32. The lowest BCUT2D eigenvalue weighted by Crippen LogP contribution is -2.55. The summed E-state index contributed by atoms with van der Waals surface area (Å²) in [6, 6.07) is 2.08. The Morgan fingerprint density at radius 1 is 1.53 bits per heavy atom. The number of carboxylic acid groups (broad SMARTS) is 1. The second-order valence-corrected chi connectivity index (χ2v) is 4.20. The molecule has 1 aliphatic heterocycles. The minimum Gasteiger partial charge on any atom is -0.477 e. The minimum atomic E-state index is -1.20. The monoisotopic (exact) mass is 263 g/mol. The molecule has 1 aliphatic rings. The highest BCUT2D eigenvalue weighted by Gasteiger charge is 2.30. The van der Waals surface area contributed by atoms with Crippen LogP contribution in [0.1, 0.15) is 27.8 Å². The van der Waals surface area contributed by atoms with Gasteiger partial charge in [0, 0.05) is 24.8 Å². The van der Waals surface area contributed by atoms with Crippen LogP contribution in [0, 0.1) is 0 Å². The van der Waals surface area contributed by atoms with E-state index in [2.05, 4.69) is 10.3 Å². The summed E-state index contributed by atoms with van der Waals surface area (Å²) in [5, 5.41) is 11.5. The molecule has 2 amide bonds. The van der Waals surface area contributed by atoms with Gasteiger partial charge in [0.15, 0.2) is 0 Å². The molecule has 1 aromatic heterocycles. The molecule has 0 saturated carbocycles. The van der Waals surface area contributed by atoms with Crippen LogP contribution in [0.15, 0.2) is 18.3 Å². The van der Waals surface area contributed by atoms with Gasteiger partial charge in [0.2, 0.25) is 5.91 Å². The maximum atomic E-state index is 12.3. The molecule has 7 nitrogen and oxygen atoms in total. The Kier molecular flexibility index (Phi) is 3.46. The van der Waals surface area contributed by atoms with Crippen molar-refractivity contribution in [2.24, 2.45) is 0 Å². The maximum Gasteiger partial charge on any atom is 0.354 e. The number of hydrogen-bond acceptors (Lipinski definition) is 4. The fraction of sp³-hybridized carbons (Fsp3) is 0.333. The number of nitrogens with zero attached hydrogens (tertiary/aromatic N) is 2. The fourth-order valence-corrected chi connectivity index (χ4v) is 1.91. The SMILES string of the molecule is CC1C(=O)NCCN1C(=O)c1ccnc(C(=O)O)c1. The van der Waals surface area contributed by atoms with E-state index in [9.17, 15) is 14.4 Å². The van der Waals surface area contributed by atoms with Crippen molar-refractivity contribution in [1.29, 1.82) is 0 Å². The van der Waals surface area contributed by atoms with Gasteiger partial charge < -0.3 is 15.3 Å². The van der Waals surface area contributed by atoms with Crippen molar-refractivity contribution < 1.29 is 19.5 Å². The number of piperazine rings is 1. The number of carbonyl (C=O) groups excluding carboxylic acids is 2. The van der Waals surface area contributed by atoms with Crippen LogP contribution in [0.2, 0.25) is 0 Å². The third-order valence-corrected chi connectivity index (χ3v) is 2.99. The summed E-state index contributed by atoms with van der Waals surface area (Å²) in [6.07, 6.45) is 1.27. The van der Waals surface area contributed by atoms with Crippen LogP contribution in [-0.2, 0) is 4.79 Å². The molecule has 1 atom stereocenters. The second-order valence-electron chi connectivity index (χ2n) is 4.20. The molecule has 2 heterocycles. The van der Waals surface area contributed by atoms with Gasteiger partial charge in [0.05, 0.1) is 0 Å². The predicted molar refractivity (Wildman–Crippen MR) is 64.7 cm³/mol. The van der Waals surface area contributed by atoms with E-state index in [0.29, 0.717) is 13.1 Å². The third-order valence-electron chi connectivity index (χ3n) is 2.99. The first kappa shape index (κ1) is 13.0. The molecule has 0 spiro atoms. The highest BCUT2D eigenvalue weighted by molar-refractivity contribution is 5.99. The number of nitrogens with one attached hydrogen (secondary N) is 1. The molecular weight excluding hydrogens is 250 g/mol. The summed E-state index contributed by atoms with van der Waals surface area (Å²) in [7, 11) is 0. The maximum absolute atomic E-state index is 12.3. The van der Waals surface area contributed by atoms with E-state index in [1.54, 1.807) is 6.92 Å². The summed E-state index contributed by atoms with van der Waals surface area (Å²) in [5.41, 5.74) is 0.0221. The first-order valence-electron chi connectivity index (χ1n) is 5.78. The van der Waals surface area contributed by atoms with E-state index in [1.165, 1.54) is 23.2 Å². The summed E-state index contributed by atoms with van der Waals surface area (Å²) < 4.78 is 0. The quantitative estimate of drug-likeness (QED) is 0.765. The Morgan fingerprint density at radius 3 is 2.95 bits per heavy atom. The van der Waals surface area contributed by atoms with Crippen LogP contribution in [0.5, 0.6) is 0 Å². The number of rotatable bonds is 2. The van der Waals surface area contributed by atoms with Crippen LogP contribution in [0.25, 0.3) is 0 Å². The molecule has 0 aliphatic carbocycles. The third kappa shape index (κ3) is 2.54. The van der Waals surface area contributed by atoms with E-state index in [4.69, 9.17) is 5.11 Å². The lowest BCUT2D eigenvalue weighted by atomic mass is 10.1. The lowest BCUT2D eigenvalue weighted by molar-refractivity contribution is -0.127. The molecule has 1 saturated heterocycles. The Balaban J connectivity index is 2.26. The van der Waals surface area contributed by atoms with Gasteiger partial charge >= 0.3 is 5.97 Å². The molecule has 1 fully saturated rings. The molecular formula is C12H13N3O4. The number of amides is 2. The summed E-state index contributed by atoms with van der Waals surface area (Å²) in [6.45, 7) is 2.42. The molecule has 7 heteroatoms. The number of aromatic carboxylic acids is 1. The topological polar surface area (TPSA) is 99.6 Å². The van der Waals surface area contributed by atoms with Gasteiger partial charge in [-0.2, -0.15) is 0 Å². The van der Waals surface area contributed by atoms with Gasteiger partial charge in [-0.15, -0.1) is 0 Å². The standard InChI is InChI=1S/C12H13N3O4/c1-7-10(16)14-4-5-15(7)11(17)8-2-3-13-9(6-8)12(18)19/h2-3,6-7H,4-5H2,1H3,(H,14,16)(H,18,19). The fourth-order valence-electron chi connectivity index (χ4n) is 1.91. The minimum absolute atomic E-state index is 0.194. The van der Waals surface area contributed by atoms with E-state index < -0.39 is 12.0 Å². The first-order chi connectivity index (χ1) is 9.00. The molecule has 1 unspecified atom stereocenters. The molecule has 0 bridgehead atoms. The Hall–Kier alpha value is -2.44. The van der Waals surface area contributed by atoms with Gasteiger partial charge in [-0.1, -0.05) is 0 Å². The van der Waals surface area contributed by atoms with E-state index in [1.807, 2.05) is 0 Å². The Labute approximate surface area is 109 Å². The van der Waals surface area contributed by atoms with Gasteiger partial charge in [-0.3, -0.25) is 9.59 Å². The number of carboxylic acids is 1. The second kappa shape index (κ2) is 5.05. The average molecular weight is 263 g/mol. The Bertz CT molecular complexity index is 544. The zero-order valence-corrected chi connectivity index (χ0v) is 10.3. The van der Waals surface area contributed by atoms with Gasteiger partial charge in [0.1, 0.15) is 11.7 Å². The van der Waals surface area contributed by atoms with E-state index >= 15 is 0 Å². The first-order valence-corrected chi connectivity index (χ1v) is 5.78. The van der Waals surface area contributed by atoms with E-state index in [0.717, 1.165) is 0 Å². The smallest absolute Gasteiger partial charge is 0.354 e. The molecule has 1 aromatic rings. The van der Waals surface area contributed by atoms with Crippen molar-refractivity contribution in [3.63, 3.8) is 0 Å². The van der Waals surface area contributed by atoms with Crippen molar-refractivity contribution in [2.45, 2.75) is 13.0 Å². The highest BCUT2D eigenvalue weighted by Crippen LogP contribution is 2.11. The molecule has 0 aromatic carbocycles. The number of aromatic nitrogens is 1. The zero-order valence-electron chi connectivity index (χ0n) is 10.3. The van der Waals surface area contributed by atoms with Crippen LogP contribution < -0.4 is 5.32 Å². The van der Waals surface area contributed by atoms with Crippen molar-refractivity contribution in [1.82, 2.24) is 15.2 Å². The molecule has 19 heavy (non-hydrogen) atoms. The number of pyridine rings is 1. The average Bonchev–Trinajstić information content (AvgIpc) is 2.41. The zero-order chi connectivity index (χ0) is 14.0. The summed E-state index contributed by atoms with van der Waals surface area (Å²) in [4.78, 5) is 39.6. The largest absolute Gasteiger partial charge is 0.477 e. The van der Waals surface area contributed by atoms with Gasteiger partial charge in [-0.05, 0) is 19.1 Å². The van der Waals surface area contributed by atoms with Crippen molar-refractivity contribution >= 4 is 17.8 Å².